The number of alkyl halides is 3. The molecule has 0 aromatic heterocycles. The minimum absolute atomic E-state index is 0.0127. The molecule has 5 nitrogen and oxygen atoms in total. The van der Waals surface area contributed by atoms with Gasteiger partial charge in [-0.25, -0.2) is 5.43 Å². The second-order valence-electron chi connectivity index (χ2n) is 6.99. The second kappa shape index (κ2) is 8.05. The summed E-state index contributed by atoms with van der Waals surface area (Å²) in [5.41, 5.74) is 5.23. The van der Waals surface area contributed by atoms with Crippen LogP contribution in [0.5, 0.6) is 0 Å². The van der Waals surface area contributed by atoms with Crippen molar-refractivity contribution in [2.75, 3.05) is 13.1 Å². The van der Waals surface area contributed by atoms with Crippen molar-refractivity contribution >= 4 is 17.5 Å². The fourth-order valence-electron chi connectivity index (χ4n) is 3.19. The first kappa shape index (κ1) is 20.2. The van der Waals surface area contributed by atoms with Crippen LogP contribution in [0, 0.1) is 11.8 Å². The van der Waals surface area contributed by atoms with Crippen LogP contribution in [-0.4, -0.2) is 41.7 Å². The lowest BCUT2D eigenvalue weighted by Crippen LogP contribution is -2.49. The summed E-state index contributed by atoms with van der Waals surface area (Å²) in [6.07, 6.45) is -0.542. The van der Waals surface area contributed by atoms with Gasteiger partial charge in [0.05, 0.1) is 11.6 Å². The van der Waals surface area contributed by atoms with Crippen molar-refractivity contribution in [1.29, 1.82) is 0 Å². The van der Waals surface area contributed by atoms with Crippen LogP contribution in [-0.2, 0) is 9.59 Å². The van der Waals surface area contributed by atoms with Crippen LogP contribution in [0.15, 0.2) is 28.9 Å². The topological polar surface area (TPSA) is 61.8 Å². The van der Waals surface area contributed by atoms with Crippen molar-refractivity contribution in [3.8, 4) is 0 Å². The van der Waals surface area contributed by atoms with E-state index in [1.165, 1.54) is 0 Å². The van der Waals surface area contributed by atoms with Crippen molar-refractivity contribution in [2.45, 2.75) is 45.7 Å². The molecule has 0 saturated carbocycles. The number of hydrazone groups is 1. The van der Waals surface area contributed by atoms with Crippen molar-refractivity contribution in [3.63, 3.8) is 0 Å². The molecule has 144 valence electrons. The highest BCUT2D eigenvalue weighted by atomic mass is 19.4. The maximum absolute atomic E-state index is 12.6. The molecule has 0 bridgehead atoms. The Morgan fingerprint density at radius 1 is 1.35 bits per heavy atom. The Morgan fingerprint density at radius 2 is 2.04 bits per heavy atom. The summed E-state index contributed by atoms with van der Waals surface area (Å²) >= 11 is 0. The Morgan fingerprint density at radius 3 is 2.65 bits per heavy atom. The summed E-state index contributed by atoms with van der Waals surface area (Å²) in [7, 11) is 0. The van der Waals surface area contributed by atoms with E-state index in [2.05, 4.69) is 17.1 Å². The SMILES string of the molecule is C=C(C)[C@H]1CC=C(C)/C(=N\NC(=O)[C@@H]2CCCN(C(=O)C(F)(F)F)C2)C1. The van der Waals surface area contributed by atoms with Gasteiger partial charge in [0.15, 0.2) is 0 Å². The van der Waals surface area contributed by atoms with Crippen LogP contribution in [0.3, 0.4) is 0 Å². The molecule has 0 aromatic carbocycles. The number of amides is 2. The molecule has 0 aromatic rings. The molecule has 1 aliphatic heterocycles. The Bertz CT molecular complexity index is 653. The van der Waals surface area contributed by atoms with E-state index in [9.17, 15) is 22.8 Å². The molecule has 8 heteroatoms. The minimum atomic E-state index is -4.92. The maximum Gasteiger partial charge on any atom is 0.471 e. The van der Waals surface area contributed by atoms with Crippen molar-refractivity contribution in [1.82, 2.24) is 10.3 Å². The summed E-state index contributed by atoms with van der Waals surface area (Å²) < 4.78 is 37.7. The summed E-state index contributed by atoms with van der Waals surface area (Å²) in [6, 6.07) is 0. The molecule has 2 aliphatic rings. The number of halogens is 3. The third kappa shape index (κ3) is 4.95. The molecule has 1 aliphatic carbocycles. The van der Waals surface area contributed by atoms with Gasteiger partial charge in [0.2, 0.25) is 5.91 Å². The van der Waals surface area contributed by atoms with Gasteiger partial charge in [-0.2, -0.15) is 18.3 Å². The van der Waals surface area contributed by atoms with Crippen LogP contribution < -0.4 is 5.43 Å². The fourth-order valence-corrected chi connectivity index (χ4v) is 3.19. The van der Waals surface area contributed by atoms with Gasteiger partial charge in [-0.3, -0.25) is 9.59 Å². The fraction of sp³-hybridized carbons (Fsp3) is 0.611. The lowest BCUT2D eigenvalue weighted by Gasteiger charge is -2.32. The number of nitrogens with one attached hydrogen (secondary N) is 1. The van der Waals surface area contributed by atoms with Crippen LogP contribution >= 0.6 is 0 Å². The molecule has 26 heavy (non-hydrogen) atoms. The third-order valence-corrected chi connectivity index (χ3v) is 4.92. The molecule has 2 rings (SSSR count). The monoisotopic (exact) mass is 371 g/mol. The van der Waals surface area contributed by atoms with E-state index in [0.29, 0.717) is 24.2 Å². The molecule has 1 saturated heterocycles. The lowest BCUT2D eigenvalue weighted by atomic mass is 9.85. The standard InChI is InChI=1S/C18H24F3N3O2/c1-11(2)13-7-6-12(3)15(9-13)22-23-16(25)14-5-4-8-24(10-14)17(26)18(19,20)21/h6,13-14H,1,4-5,7-10H2,2-3H3,(H,23,25)/b22-15-/t13-,14+/m0/s1. The zero-order valence-electron chi connectivity index (χ0n) is 15.0. The Kier molecular flexibility index (Phi) is 6.26. The predicted molar refractivity (Wildman–Crippen MR) is 92.2 cm³/mol. The molecule has 2 atom stereocenters. The van der Waals surface area contributed by atoms with Gasteiger partial charge < -0.3 is 4.90 Å². The van der Waals surface area contributed by atoms with Crippen LogP contribution in [0.25, 0.3) is 0 Å². The normalized spacial score (nSPS) is 25.7. The summed E-state index contributed by atoms with van der Waals surface area (Å²) in [5, 5.41) is 4.17. The highest BCUT2D eigenvalue weighted by Gasteiger charge is 2.44. The molecule has 1 fully saturated rings. The van der Waals surface area contributed by atoms with E-state index >= 15 is 0 Å². The predicted octanol–water partition coefficient (Wildman–Crippen LogP) is 3.19. The van der Waals surface area contributed by atoms with E-state index in [0.717, 1.165) is 23.3 Å². The number of hydrogen-bond acceptors (Lipinski definition) is 3. The zero-order chi connectivity index (χ0) is 19.5. The highest BCUT2D eigenvalue weighted by Crippen LogP contribution is 2.27. The summed E-state index contributed by atoms with van der Waals surface area (Å²) in [5.74, 6) is -2.77. The van der Waals surface area contributed by atoms with Crippen molar-refractivity contribution in [2.24, 2.45) is 16.9 Å². The van der Waals surface area contributed by atoms with Crippen LogP contribution in [0.1, 0.15) is 39.5 Å². The summed E-state index contributed by atoms with van der Waals surface area (Å²) in [6.45, 7) is 7.58. The Hall–Kier alpha value is -2.12. The number of carbonyl (C=O) groups excluding carboxylic acids is 2. The van der Waals surface area contributed by atoms with E-state index < -0.39 is 23.9 Å². The van der Waals surface area contributed by atoms with E-state index in [-0.39, 0.29) is 19.0 Å². The summed E-state index contributed by atoms with van der Waals surface area (Å²) in [4.78, 5) is 24.4. The highest BCUT2D eigenvalue weighted by molar-refractivity contribution is 6.01. The average Bonchev–Trinajstić information content (AvgIpc) is 2.59. The maximum atomic E-state index is 12.6. The van der Waals surface area contributed by atoms with E-state index in [1.807, 2.05) is 19.9 Å². The number of likely N-dealkylation sites (tertiary alicyclic amines) is 1. The van der Waals surface area contributed by atoms with Crippen molar-refractivity contribution < 1.29 is 22.8 Å². The molecule has 0 unspecified atom stereocenters. The van der Waals surface area contributed by atoms with Gasteiger partial charge in [0, 0.05) is 13.1 Å². The largest absolute Gasteiger partial charge is 0.471 e. The molecule has 0 spiro atoms. The number of nitrogens with zero attached hydrogens (tertiary/aromatic N) is 2. The molecular formula is C18H24F3N3O2. The number of allylic oxidation sites excluding steroid dienone is 3. The second-order valence-corrected chi connectivity index (χ2v) is 6.99. The first-order chi connectivity index (χ1) is 12.1. The molecule has 1 N–H and O–H groups in total. The van der Waals surface area contributed by atoms with Crippen LogP contribution in [0.4, 0.5) is 13.2 Å². The van der Waals surface area contributed by atoms with Gasteiger partial charge in [0.25, 0.3) is 0 Å². The van der Waals surface area contributed by atoms with Gasteiger partial charge in [-0.05, 0) is 51.0 Å². The minimum Gasteiger partial charge on any atom is -0.334 e. The van der Waals surface area contributed by atoms with Gasteiger partial charge in [-0.15, -0.1) is 0 Å². The van der Waals surface area contributed by atoms with E-state index in [1.54, 1.807) is 0 Å². The quantitative estimate of drug-likeness (QED) is 0.612. The first-order valence-electron chi connectivity index (χ1n) is 8.64. The Labute approximate surface area is 151 Å². The first-order valence-corrected chi connectivity index (χ1v) is 8.64. The molecule has 2 amide bonds. The Balaban J connectivity index is 1.99. The lowest BCUT2D eigenvalue weighted by molar-refractivity contribution is -0.187. The zero-order valence-corrected chi connectivity index (χ0v) is 15.0. The number of carbonyl (C=O) groups is 2. The third-order valence-electron chi connectivity index (χ3n) is 4.92. The van der Waals surface area contributed by atoms with Gasteiger partial charge in [0.1, 0.15) is 0 Å². The van der Waals surface area contributed by atoms with Crippen molar-refractivity contribution in [3.05, 3.63) is 23.8 Å². The smallest absolute Gasteiger partial charge is 0.334 e. The van der Waals surface area contributed by atoms with Gasteiger partial charge >= 0.3 is 12.1 Å². The van der Waals surface area contributed by atoms with Gasteiger partial charge in [-0.1, -0.05) is 18.2 Å². The average molecular weight is 371 g/mol. The molecular weight excluding hydrogens is 347 g/mol. The number of piperidine rings is 1. The number of hydrogen-bond donors (Lipinski definition) is 1. The molecule has 0 radical (unpaired) electrons. The number of rotatable bonds is 3. The van der Waals surface area contributed by atoms with Crippen LogP contribution in [0.2, 0.25) is 0 Å². The molecule has 1 heterocycles. The van der Waals surface area contributed by atoms with E-state index in [4.69, 9.17) is 0 Å².